The SMILES string of the molecule is COCCn1cc(C(=O)N2CCCCC2)c2cc(Cl)cc(C)c21. The molecule has 0 unspecified atom stereocenters. The van der Waals surface area contributed by atoms with E-state index in [4.69, 9.17) is 16.3 Å². The molecule has 1 aliphatic heterocycles. The zero-order valence-electron chi connectivity index (χ0n) is 13.8. The van der Waals surface area contributed by atoms with Gasteiger partial charge in [-0.25, -0.2) is 0 Å². The minimum atomic E-state index is 0.118. The molecule has 2 aromatic rings. The Kier molecular flexibility index (Phi) is 4.93. The van der Waals surface area contributed by atoms with E-state index in [-0.39, 0.29) is 5.91 Å². The summed E-state index contributed by atoms with van der Waals surface area (Å²) in [5.74, 6) is 0.118. The number of carbonyl (C=O) groups is 1. The van der Waals surface area contributed by atoms with Gasteiger partial charge >= 0.3 is 0 Å². The summed E-state index contributed by atoms with van der Waals surface area (Å²) in [5, 5.41) is 1.62. The molecule has 0 saturated carbocycles. The molecule has 124 valence electrons. The molecule has 0 N–H and O–H groups in total. The van der Waals surface area contributed by atoms with Crippen LogP contribution < -0.4 is 0 Å². The molecule has 1 saturated heterocycles. The molecule has 5 heteroatoms. The number of nitrogens with zero attached hydrogens (tertiary/aromatic N) is 2. The maximum Gasteiger partial charge on any atom is 0.256 e. The van der Waals surface area contributed by atoms with Gasteiger partial charge in [-0.3, -0.25) is 4.79 Å². The number of halogens is 1. The third kappa shape index (κ3) is 3.24. The van der Waals surface area contributed by atoms with Gasteiger partial charge in [-0.1, -0.05) is 11.6 Å². The zero-order chi connectivity index (χ0) is 16.4. The first-order chi connectivity index (χ1) is 11.1. The average Bonchev–Trinajstić information content (AvgIpc) is 2.91. The van der Waals surface area contributed by atoms with Gasteiger partial charge in [-0.2, -0.15) is 0 Å². The van der Waals surface area contributed by atoms with Crippen LogP contribution >= 0.6 is 11.6 Å². The summed E-state index contributed by atoms with van der Waals surface area (Å²) in [6, 6.07) is 3.85. The average molecular weight is 335 g/mol. The third-order valence-electron chi connectivity index (χ3n) is 4.54. The Hall–Kier alpha value is -1.52. The molecule has 1 aliphatic rings. The molecule has 23 heavy (non-hydrogen) atoms. The van der Waals surface area contributed by atoms with Crippen LogP contribution in [0.25, 0.3) is 10.9 Å². The predicted molar refractivity (Wildman–Crippen MR) is 93.3 cm³/mol. The maximum absolute atomic E-state index is 13.0. The van der Waals surface area contributed by atoms with Crippen molar-refractivity contribution in [2.75, 3.05) is 26.8 Å². The Labute approximate surface area is 142 Å². The highest BCUT2D eigenvalue weighted by Gasteiger charge is 2.23. The minimum Gasteiger partial charge on any atom is -0.383 e. The summed E-state index contributed by atoms with van der Waals surface area (Å²) < 4.78 is 7.31. The molecule has 1 aromatic heterocycles. The first-order valence-corrected chi connectivity index (χ1v) is 8.57. The van der Waals surface area contributed by atoms with Gasteiger partial charge in [0.2, 0.25) is 0 Å². The summed E-state index contributed by atoms with van der Waals surface area (Å²) in [7, 11) is 1.69. The summed E-state index contributed by atoms with van der Waals surface area (Å²) >= 11 is 6.24. The number of benzene rings is 1. The number of piperidine rings is 1. The van der Waals surface area contributed by atoms with E-state index >= 15 is 0 Å². The lowest BCUT2D eigenvalue weighted by Gasteiger charge is -2.26. The topological polar surface area (TPSA) is 34.5 Å². The molecule has 2 heterocycles. The smallest absolute Gasteiger partial charge is 0.256 e. The summed E-state index contributed by atoms with van der Waals surface area (Å²) in [4.78, 5) is 14.9. The van der Waals surface area contributed by atoms with E-state index in [9.17, 15) is 4.79 Å². The van der Waals surface area contributed by atoms with E-state index in [0.29, 0.717) is 11.6 Å². The lowest BCUT2D eigenvalue weighted by atomic mass is 10.1. The first-order valence-electron chi connectivity index (χ1n) is 8.19. The number of carbonyl (C=O) groups excluding carboxylic acids is 1. The largest absolute Gasteiger partial charge is 0.383 e. The van der Waals surface area contributed by atoms with Gasteiger partial charge in [0.1, 0.15) is 0 Å². The summed E-state index contributed by atoms with van der Waals surface area (Å²) in [6.45, 7) is 5.07. The van der Waals surface area contributed by atoms with Gasteiger partial charge in [0.15, 0.2) is 0 Å². The lowest BCUT2D eigenvalue weighted by Crippen LogP contribution is -2.35. The van der Waals surface area contributed by atoms with Crippen molar-refractivity contribution in [3.63, 3.8) is 0 Å². The molecule has 1 aromatic carbocycles. The van der Waals surface area contributed by atoms with Crippen molar-refractivity contribution in [1.29, 1.82) is 0 Å². The minimum absolute atomic E-state index is 0.118. The summed E-state index contributed by atoms with van der Waals surface area (Å²) in [6.07, 6.45) is 5.36. The maximum atomic E-state index is 13.0. The van der Waals surface area contributed by atoms with Gasteiger partial charge in [0.25, 0.3) is 5.91 Å². The molecule has 1 amide bonds. The second-order valence-corrected chi connectivity index (χ2v) is 6.64. The molecular formula is C18H23ClN2O2. The van der Waals surface area contributed by atoms with Crippen LogP contribution in [0.1, 0.15) is 35.2 Å². The van der Waals surface area contributed by atoms with Crippen molar-refractivity contribution in [2.24, 2.45) is 0 Å². The molecule has 0 radical (unpaired) electrons. The Morgan fingerprint density at radius 3 is 2.70 bits per heavy atom. The van der Waals surface area contributed by atoms with Crippen LogP contribution in [0.3, 0.4) is 0 Å². The lowest BCUT2D eigenvalue weighted by molar-refractivity contribution is 0.0726. The van der Waals surface area contributed by atoms with Crippen molar-refractivity contribution in [1.82, 2.24) is 9.47 Å². The third-order valence-corrected chi connectivity index (χ3v) is 4.76. The molecule has 0 spiro atoms. The second-order valence-electron chi connectivity index (χ2n) is 6.20. The van der Waals surface area contributed by atoms with Gasteiger partial charge in [-0.05, 0) is 43.9 Å². The van der Waals surface area contributed by atoms with Crippen LogP contribution in [-0.2, 0) is 11.3 Å². The van der Waals surface area contributed by atoms with Gasteiger partial charge in [0, 0.05) is 43.3 Å². The molecule has 0 aliphatic carbocycles. The number of ether oxygens (including phenoxy) is 1. The molecule has 0 atom stereocenters. The monoisotopic (exact) mass is 334 g/mol. The predicted octanol–water partition coefficient (Wildman–Crippen LogP) is 3.88. The fourth-order valence-electron chi connectivity index (χ4n) is 3.42. The zero-order valence-corrected chi connectivity index (χ0v) is 14.5. The molecule has 0 bridgehead atoms. The number of methoxy groups -OCH3 is 1. The van der Waals surface area contributed by atoms with Gasteiger partial charge in [-0.15, -0.1) is 0 Å². The highest BCUT2D eigenvalue weighted by molar-refractivity contribution is 6.31. The van der Waals surface area contributed by atoms with Crippen LogP contribution in [0, 0.1) is 6.92 Å². The number of fused-ring (bicyclic) bond motifs is 1. The highest BCUT2D eigenvalue weighted by atomic mass is 35.5. The fourth-order valence-corrected chi connectivity index (χ4v) is 3.69. The van der Waals surface area contributed by atoms with Crippen LogP contribution in [0.5, 0.6) is 0 Å². The van der Waals surface area contributed by atoms with Crippen LogP contribution in [-0.4, -0.2) is 42.2 Å². The Morgan fingerprint density at radius 2 is 2.00 bits per heavy atom. The quantitative estimate of drug-likeness (QED) is 0.850. The first kappa shape index (κ1) is 16.3. The standard InChI is InChI=1S/C18H23ClN2O2/c1-13-10-14(19)11-15-16(12-21(17(13)15)8-9-23-2)18(22)20-6-4-3-5-7-20/h10-12H,3-9H2,1-2H3. The van der Waals surface area contributed by atoms with Gasteiger partial charge in [0.05, 0.1) is 17.7 Å². The van der Waals surface area contributed by atoms with E-state index in [1.165, 1.54) is 6.42 Å². The molecular weight excluding hydrogens is 312 g/mol. The number of aryl methyl sites for hydroxylation is 1. The van der Waals surface area contributed by atoms with Crippen molar-refractivity contribution in [3.05, 3.63) is 34.5 Å². The molecule has 3 rings (SSSR count). The Bertz CT molecular complexity index is 717. The molecule has 1 fully saturated rings. The number of rotatable bonds is 4. The number of amides is 1. The van der Waals surface area contributed by atoms with Crippen LogP contribution in [0.4, 0.5) is 0 Å². The van der Waals surface area contributed by atoms with Crippen LogP contribution in [0.2, 0.25) is 5.02 Å². The van der Waals surface area contributed by atoms with E-state index in [1.807, 2.05) is 30.2 Å². The summed E-state index contributed by atoms with van der Waals surface area (Å²) in [5.41, 5.74) is 2.91. The van der Waals surface area contributed by atoms with Crippen molar-refractivity contribution < 1.29 is 9.53 Å². The number of likely N-dealkylation sites (tertiary alicyclic amines) is 1. The fraction of sp³-hybridized carbons (Fsp3) is 0.500. The van der Waals surface area contributed by atoms with E-state index in [2.05, 4.69) is 4.57 Å². The van der Waals surface area contributed by atoms with Crippen molar-refractivity contribution >= 4 is 28.4 Å². The van der Waals surface area contributed by atoms with E-state index in [0.717, 1.165) is 54.5 Å². The highest BCUT2D eigenvalue weighted by Crippen LogP contribution is 2.29. The van der Waals surface area contributed by atoms with E-state index < -0.39 is 0 Å². The van der Waals surface area contributed by atoms with Crippen molar-refractivity contribution in [2.45, 2.75) is 32.7 Å². The number of hydrogen-bond acceptors (Lipinski definition) is 2. The van der Waals surface area contributed by atoms with E-state index in [1.54, 1.807) is 7.11 Å². The number of aromatic nitrogens is 1. The molecule has 4 nitrogen and oxygen atoms in total. The normalized spacial score (nSPS) is 15.3. The van der Waals surface area contributed by atoms with Crippen LogP contribution in [0.15, 0.2) is 18.3 Å². The van der Waals surface area contributed by atoms with Crippen molar-refractivity contribution in [3.8, 4) is 0 Å². The Balaban J connectivity index is 2.06. The Morgan fingerprint density at radius 1 is 1.26 bits per heavy atom. The van der Waals surface area contributed by atoms with Gasteiger partial charge < -0.3 is 14.2 Å². The second kappa shape index (κ2) is 6.93. The number of hydrogen-bond donors (Lipinski definition) is 0.